The average Bonchev–Trinajstić information content (AvgIpc) is 3.28. The van der Waals surface area contributed by atoms with Crippen molar-refractivity contribution in [3.05, 3.63) is 69.8 Å². The van der Waals surface area contributed by atoms with Gasteiger partial charge < -0.3 is 15.3 Å². The Labute approximate surface area is 170 Å². The topological polar surface area (TPSA) is 95.7 Å². The van der Waals surface area contributed by atoms with Crippen molar-refractivity contribution in [3.63, 3.8) is 0 Å². The SMILES string of the molecule is CC(CO)(C(=O)N1CCCC1)c1ccc(NCCc2ccccc2)c([N+](=O)[O-])c1. The second-order valence-corrected chi connectivity index (χ2v) is 7.64. The highest BCUT2D eigenvalue weighted by Crippen LogP contribution is 2.34. The quantitative estimate of drug-likeness (QED) is 0.527. The van der Waals surface area contributed by atoms with Crippen molar-refractivity contribution in [1.29, 1.82) is 0 Å². The normalized spacial score (nSPS) is 15.7. The molecule has 0 saturated carbocycles. The highest BCUT2D eigenvalue weighted by Gasteiger charge is 2.39. The summed E-state index contributed by atoms with van der Waals surface area (Å²) in [7, 11) is 0. The summed E-state index contributed by atoms with van der Waals surface area (Å²) in [6.45, 7) is 3.12. The van der Waals surface area contributed by atoms with E-state index in [0.717, 1.165) is 24.8 Å². The molecule has 0 aliphatic carbocycles. The van der Waals surface area contributed by atoms with Gasteiger partial charge in [-0.25, -0.2) is 0 Å². The summed E-state index contributed by atoms with van der Waals surface area (Å²) in [6, 6.07) is 14.6. The second-order valence-electron chi connectivity index (χ2n) is 7.64. The van der Waals surface area contributed by atoms with Crippen molar-refractivity contribution in [2.45, 2.75) is 31.6 Å². The minimum absolute atomic E-state index is 0.0931. The third-order valence-electron chi connectivity index (χ3n) is 5.59. The zero-order valence-electron chi connectivity index (χ0n) is 16.6. The lowest BCUT2D eigenvalue weighted by atomic mass is 9.81. The number of likely N-dealkylation sites (tertiary alicyclic amines) is 1. The number of carbonyl (C=O) groups is 1. The lowest BCUT2D eigenvalue weighted by molar-refractivity contribution is -0.384. The molecule has 1 fully saturated rings. The molecule has 29 heavy (non-hydrogen) atoms. The first-order valence-electron chi connectivity index (χ1n) is 9.92. The van der Waals surface area contributed by atoms with Gasteiger partial charge in [0, 0.05) is 25.7 Å². The number of carbonyl (C=O) groups excluding carboxylic acids is 1. The zero-order valence-corrected chi connectivity index (χ0v) is 16.6. The van der Waals surface area contributed by atoms with Crippen molar-refractivity contribution in [2.75, 3.05) is 31.6 Å². The number of aliphatic hydroxyl groups is 1. The number of aliphatic hydroxyl groups excluding tert-OH is 1. The van der Waals surface area contributed by atoms with Crippen LogP contribution in [0.1, 0.15) is 30.9 Å². The highest BCUT2D eigenvalue weighted by molar-refractivity contribution is 5.89. The predicted molar refractivity (Wildman–Crippen MR) is 112 cm³/mol. The van der Waals surface area contributed by atoms with Crippen LogP contribution in [0.15, 0.2) is 48.5 Å². The molecule has 2 aromatic carbocycles. The molecule has 0 aromatic heterocycles. The Kier molecular flexibility index (Phi) is 6.49. The van der Waals surface area contributed by atoms with E-state index >= 15 is 0 Å². The second kappa shape index (κ2) is 9.05. The molecule has 3 rings (SSSR count). The fourth-order valence-corrected chi connectivity index (χ4v) is 3.71. The van der Waals surface area contributed by atoms with Gasteiger partial charge in [-0.15, -0.1) is 0 Å². The van der Waals surface area contributed by atoms with Crippen molar-refractivity contribution in [1.82, 2.24) is 4.90 Å². The molecule has 7 nitrogen and oxygen atoms in total. The van der Waals surface area contributed by atoms with E-state index in [2.05, 4.69) is 5.32 Å². The molecule has 1 aliphatic heterocycles. The molecule has 1 aliphatic rings. The van der Waals surface area contributed by atoms with Crippen LogP contribution < -0.4 is 5.32 Å². The van der Waals surface area contributed by atoms with E-state index in [1.807, 2.05) is 30.3 Å². The van der Waals surface area contributed by atoms with Gasteiger partial charge in [0.1, 0.15) is 5.69 Å². The maximum Gasteiger partial charge on any atom is 0.292 e. The number of nitrogens with zero attached hydrogens (tertiary/aromatic N) is 2. The van der Waals surface area contributed by atoms with Crippen molar-refractivity contribution >= 4 is 17.3 Å². The van der Waals surface area contributed by atoms with Crippen LogP contribution in [0.2, 0.25) is 0 Å². The van der Waals surface area contributed by atoms with Gasteiger partial charge in [-0.3, -0.25) is 14.9 Å². The molecule has 154 valence electrons. The van der Waals surface area contributed by atoms with Crippen LogP contribution >= 0.6 is 0 Å². The largest absolute Gasteiger partial charge is 0.395 e. The fourth-order valence-electron chi connectivity index (χ4n) is 3.71. The summed E-state index contributed by atoms with van der Waals surface area (Å²) < 4.78 is 0. The Morgan fingerprint density at radius 2 is 1.90 bits per heavy atom. The molecule has 1 amide bonds. The lowest BCUT2D eigenvalue weighted by Crippen LogP contribution is -2.46. The molecule has 1 unspecified atom stereocenters. The number of benzene rings is 2. The van der Waals surface area contributed by atoms with Crippen LogP contribution in [0.4, 0.5) is 11.4 Å². The van der Waals surface area contributed by atoms with Gasteiger partial charge in [0.2, 0.25) is 5.91 Å². The Morgan fingerprint density at radius 3 is 2.52 bits per heavy atom. The van der Waals surface area contributed by atoms with Crippen LogP contribution in [-0.2, 0) is 16.6 Å². The Hall–Kier alpha value is -2.93. The van der Waals surface area contributed by atoms with Gasteiger partial charge in [-0.2, -0.15) is 0 Å². The molecular formula is C22H27N3O4. The molecule has 2 N–H and O–H groups in total. The van der Waals surface area contributed by atoms with Gasteiger partial charge >= 0.3 is 0 Å². The van der Waals surface area contributed by atoms with Gasteiger partial charge in [0.15, 0.2) is 0 Å². The third-order valence-corrected chi connectivity index (χ3v) is 5.59. The molecule has 0 radical (unpaired) electrons. The van der Waals surface area contributed by atoms with Crippen molar-refractivity contribution < 1.29 is 14.8 Å². The standard InChI is InChI=1S/C22H27N3O4/c1-22(16-26,21(27)24-13-5-6-14-24)18-9-10-19(20(15-18)25(28)29)23-12-11-17-7-3-2-4-8-17/h2-4,7-10,15,23,26H,5-6,11-14,16H2,1H3. The monoisotopic (exact) mass is 397 g/mol. The molecule has 0 bridgehead atoms. The third kappa shape index (κ3) is 4.56. The number of hydrogen-bond acceptors (Lipinski definition) is 5. The molecule has 7 heteroatoms. The molecule has 0 spiro atoms. The Bertz CT molecular complexity index is 866. The predicted octanol–water partition coefficient (Wildman–Crippen LogP) is 3.12. The first-order valence-corrected chi connectivity index (χ1v) is 9.92. The van der Waals surface area contributed by atoms with E-state index < -0.39 is 16.9 Å². The molecule has 1 saturated heterocycles. The number of nitrogens with one attached hydrogen (secondary N) is 1. The number of rotatable bonds is 8. The maximum absolute atomic E-state index is 13.0. The first kappa shape index (κ1) is 20.8. The molecule has 1 heterocycles. The number of amides is 1. The number of nitro groups is 1. The molecule has 2 aromatic rings. The van der Waals surface area contributed by atoms with Crippen molar-refractivity contribution in [2.24, 2.45) is 0 Å². The van der Waals surface area contributed by atoms with E-state index in [0.29, 0.717) is 30.9 Å². The van der Waals surface area contributed by atoms with E-state index in [4.69, 9.17) is 0 Å². The van der Waals surface area contributed by atoms with Crippen molar-refractivity contribution in [3.8, 4) is 0 Å². The fraction of sp³-hybridized carbons (Fsp3) is 0.409. The van der Waals surface area contributed by atoms with Gasteiger partial charge in [-0.1, -0.05) is 36.4 Å². The summed E-state index contributed by atoms with van der Waals surface area (Å²) in [4.78, 5) is 25.9. The van der Waals surface area contributed by atoms with Gasteiger partial charge in [-0.05, 0) is 43.4 Å². The summed E-state index contributed by atoms with van der Waals surface area (Å²) in [5.41, 5.74) is 0.714. The summed E-state index contributed by atoms with van der Waals surface area (Å²) in [6.07, 6.45) is 2.62. The number of hydrogen-bond donors (Lipinski definition) is 2. The molecular weight excluding hydrogens is 370 g/mol. The van der Waals surface area contributed by atoms with Crippen LogP contribution in [0, 0.1) is 10.1 Å². The summed E-state index contributed by atoms with van der Waals surface area (Å²) in [5, 5.41) is 24.8. The van der Waals surface area contributed by atoms with Crippen LogP contribution in [0.25, 0.3) is 0 Å². The first-order chi connectivity index (χ1) is 14.0. The van der Waals surface area contributed by atoms with Gasteiger partial charge in [0.05, 0.1) is 16.9 Å². The van der Waals surface area contributed by atoms with Gasteiger partial charge in [0.25, 0.3) is 5.69 Å². The smallest absolute Gasteiger partial charge is 0.292 e. The number of nitro benzene ring substituents is 1. The van der Waals surface area contributed by atoms with Crippen LogP contribution in [0.5, 0.6) is 0 Å². The number of anilines is 1. The Morgan fingerprint density at radius 1 is 1.21 bits per heavy atom. The van der Waals surface area contributed by atoms with E-state index in [9.17, 15) is 20.0 Å². The minimum atomic E-state index is -1.20. The van der Waals surface area contributed by atoms with E-state index in [1.54, 1.807) is 24.0 Å². The summed E-state index contributed by atoms with van der Waals surface area (Å²) >= 11 is 0. The van der Waals surface area contributed by atoms with E-state index in [1.165, 1.54) is 6.07 Å². The van der Waals surface area contributed by atoms with Crippen LogP contribution in [0.3, 0.4) is 0 Å². The average molecular weight is 397 g/mol. The highest BCUT2D eigenvalue weighted by atomic mass is 16.6. The minimum Gasteiger partial charge on any atom is -0.395 e. The lowest BCUT2D eigenvalue weighted by Gasteiger charge is -2.31. The maximum atomic E-state index is 13.0. The van der Waals surface area contributed by atoms with E-state index in [-0.39, 0.29) is 11.6 Å². The van der Waals surface area contributed by atoms with Crippen LogP contribution in [-0.4, -0.2) is 47.1 Å². The zero-order chi connectivity index (χ0) is 20.9. The summed E-state index contributed by atoms with van der Waals surface area (Å²) in [5.74, 6) is -0.184. The molecule has 1 atom stereocenters. The Balaban J connectivity index is 1.80.